The van der Waals surface area contributed by atoms with E-state index < -0.39 is 11.9 Å². The van der Waals surface area contributed by atoms with E-state index >= 15 is 0 Å². The van der Waals surface area contributed by atoms with Gasteiger partial charge < -0.3 is 10.1 Å². The summed E-state index contributed by atoms with van der Waals surface area (Å²) in [5.41, 5.74) is 3.69. The summed E-state index contributed by atoms with van der Waals surface area (Å²) in [7, 11) is 0. The van der Waals surface area contributed by atoms with Crippen molar-refractivity contribution in [2.24, 2.45) is 0 Å². The summed E-state index contributed by atoms with van der Waals surface area (Å²) >= 11 is 18.2. The zero-order chi connectivity index (χ0) is 22.5. The first kappa shape index (κ1) is 23.4. The molecule has 0 radical (unpaired) electrons. The molecule has 1 aliphatic heterocycles. The summed E-state index contributed by atoms with van der Waals surface area (Å²) in [4.78, 5) is 25.4. The fourth-order valence-electron chi connectivity index (χ4n) is 2.51. The molecule has 1 atom stereocenters. The van der Waals surface area contributed by atoms with E-state index in [0.717, 1.165) is 34.5 Å². The molecular weight excluding hydrogens is 477 g/mol. The van der Waals surface area contributed by atoms with Crippen LogP contribution in [0.15, 0.2) is 47.4 Å². The van der Waals surface area contributed by atoms with Crippen LogP contribution in [0.5, 0.6) is 5.75 Å². The lowest BCUT2D eigenvalue weighted by atomic mass is 10.2. The number of hydrazine groups is 1. The fourth-order valence-corrected chi connectivity index (χ4v) is 3.99. The monoisotopic (exact) mass is 495 g/mol. The molecule has 0 aliphatic carbocycles. The number of halogens is 2. The number of hydrogen-bond acceptors (Lipinski definition) is 5. The molecule has 0 bridgehead atoms. The highest BCUT2D eigenvalue weighted by atomic mass is 35.5. The van der Waals surface area contributed by atoms with Gasteiger partial charge in [-0.3, -0.25) is 4.79 Å². The summed E-state index contributed by atoms with van der Waals surface area (Å²) in [6, 6.07) is 11.4. The van der Waals surface area contributed by atoms with Crippen molar-refractivity contribution >= 4 is 75.2 Å². The Hall–Kier alpha value is -2.26. The molecule has 2 N–H and O–H groups in total. The number of anilines is 1. The quantitative estimate of drug-likeness (QED) is 0.373. The van der Waals surface area contributed by atoms with Gasteiger partial charge >= 0.3 is 6.03 Å². The van der Waals surface area contributed by atoms with Crippen LogP contribution < -0.4 is 15.5 Å². The molecule has 10 heteroatoms. The van der Waals surface area contributed by atoms with Crippen LogP contribution in [0.3, 0.4) is 0 Å². The van der Waals surface area contributed by atoms with Crippen molar-refractivity contribution in [2.75, 3.05) is 5.32 Å². The number of benzene rings is 2. The van der Waals surface area contributed by atoms with Gasteiger partial charge in [0.1, 0.15) is 5.75 Å². The van der Waals surface area contributed by atoms with E-state index in [2.05, 4.69) is 17.7 Å². The van der Waals surface area contributed by atoms with E-state index in [4.69, 9.17) is 40.2 Å². The molecule has 31 heavy (non-hydrogen) atoms. The molecule has 2 aromatic carbocycles. The van der Waals surface area contributed by atoms with Gasteiger partial charge in [0.15, 0.2) is 4.32 Å². The first-order valence-electron chi connectivity index (χ1n) is 9.34. The highest BCUT2D eigenvalue weighted by molar-refractivity contribution is 8.26. The normalized spacial score (nSPS) is 15.9. The molecule has 1 fully saturated rings. The minimum atomic E-state index is -0.637. The highest BCUT2D eigenvalue weighted by Gasteiger charge is 2.33. The third-order valence-corrected chi connectivity index (χ3v) is 6.32. The van der Waals surface area contributed by atoms with Crippen molar-refractivity contribution in [3.8, 4) is 5.75 Å². The Morgan fingerprint density at radius 3 is 2.58 bits per heavy atom. The van der Waals surface area contributed by atoms with Crippen LogP contribution >= 0.6 is 47.2 Å². The number of amides is 3. The van der Waals surface area contributed by atoms with Crippen LogP contribution in [0.25, 0.3) is 6.08 Å². The van der Waals surface area contributed by atoms with Gasteiger partial charge in [0.05, 0.1) is 21.1 Å². The van der Waals surface area contributed by atoms with Crippen molar-refractivity contribution in [1.82, 2.24) is 10.4 Å². The number of carbonyl (C=O) groups excluding carboxylic acids is 2. The molecule has 162 valence electrons. The lowest BCUT2D eigenvalue weighted by molar-refractivity contribution is -0.123. The predicted octanol–water partition coefficient (Wildman–Crippen LogP) is 6.11. The van der Waals surface area contributed by atoms with E-state index in [-0.39, 0.29) is 10.4 Å². The lowest BCUT2D eigenvalue weighted by Gasteiger charge is -2.16. The van der Waals surface area contributed by atoms with Gasteiger partial charge in [-0.2, -0.15) is 5.01 Å². The standard InChI is InChI=1S/C21H19Cl2N3O3S2/c1-3-12(2)29-15-7-4-13(5-8-15)10-18-19(27)26(21(30)31-18)25-20(28)24-14-6-9-16(22)17(23)11-14/h4-12H,3H2,1-2H3,(H2,24,25,28)/b18-10-/t12-/m0/s1. The number of hydrogen-bond donors (Lipinski definition) is 2. The van der Waals surface area contributed by atoms with Crippen LogP contribution in [0, 0.1) is 0 Å². The second-order valence-corrected chi connectivity index (χ2v) is 9.11. The van der Waals surface area contributed by atoms with Gasteiger partial charge in [0, 0.05) is 5.69 Å². The molecule has 2 aromatic rings. The zero-order valence-corrected chi connectivity index (χ0v) is 19.8. The van der Waals surface area contributed by atoms with E-state index in [1.807, 2.05) is 31.2 Å². The van der Waals surface area contributed by atoms with Gasteiger partial charge in [-0.15, -0.1) is 0 Å². The van der Waals surface area contributed by atoms with Crippen molar-refractivity contribution in [2.45, 2.75) is 26.4 Å². The summed E-state index contributed by atoms with van der Waals surface area (Å²) in [6.45, 7) is 4.06. The van der Waals surface area contributed by atoms with Crippen molar-refractivity contribution < 1.29 is 14.3 Å². The Morgan fingerprint density at radius 1 is 1.23 bits per heavy atom. The van der Waals surface area contributed by atoms with Gasteiger partial charge in [-0.1, -0.05) is 54.0 Å². The summed E-state index contributed by atoms with van der Waals surface area (Å²) in [6.07, 6.45) is 2.75. The highest BCUT2D eigenvalue weighted by Crippen LogP contribution is 2.32. The van der Waals surface area contributed by atoms with Gasteiger partial charge in [0.25, 0.3) is 5.91 Å². The number of carbonyl (C=O) groups is 2. The summed E-state index contributed by atoms with van der Waals surface area (Å²) in [5.74, 6) is 0.346. The van der Waals surface area contributed by atoms with E-state index in [1.54, 1.807) is 18.2 Å². The molecule has 0 saturated carbocycles. The number of nitrogens with zero attached hydrogens (tertiary/aromatic N) is 1. The van der Waals surface area contributed by atoms with E-state index in [9.17, 15) is 9.59 Å². The predicted molar refractivity (Wildman–Crippen MR) is 130 cm³/mol. The summed E-state index contributed by atoms with van der Waals surface area (Å²) < 4.78 is 5.98. The Kier molecular flexibility index (Phi) is 7.83. The maximum Gasteiger partial charge on any atom is 0.338 e. The Morgan fingerprint density at radius 2 is 1.94 bits per heavy atom. The molecule has 0 aromatic heterocycles. The Labute approximate surface area is 199 Å². The van der Waals surface area contributed by atoms with Crippen LogP contribution in [0.2, 0.25) is 10.0 Å². The third-order valence-electron chi connectivity index (χ3n) is 4.27. The number of nitrogens with one attached hydrogen (secondary N) is 2. The second kappa shape index (κ2) is 10.4. The van der Waals surface area contributed by atoms with E-state index in [1.165, 1.54) is 6.07 Å². The average molecular weight is 496 g/mol. The van der Waals surface area contributed by atoms with Gasteiger partial charge in [-0.25, -0.2) is 10.2 Å². The molecule has 1 heterocycles. The van der Waals surface area contributed by atoms with Crippen LogP contribution in [-0.4, -0.2) is 27.4 Å². The lowest BCUT2D eigenvalue weighted by Crippen LogP contribution is -2.46. The smallest absolute Gasteiger partial charge is 0.338 e. The molecule has 6 nitrogen and oxygen atoms in total. The average Bonchev–Trinajstić information content (AvgIpc) is 2.99. The first-order valence-corrected chi connectivity index (χ1v) is 11.3. The molecule has 3 amide bonds. The number of thioether (sulfide) groups is 1. The molecule has 1 aliphatic rings. The Bertz CT molecular complexity index is 1040. The Balaban J connectivity index is 1.64. The minimum absolute atomic E-state index is 0.128. The van der Waals surface area contributed by atoms with Crippen LogP contribution in [0.4, 0.5) is 10.5 Å². The van der Waals surface area contributed by atoms with E-state index in [0.29, 0.717) is 20.6 Å². The van der Waals surface area contributed by atoms with Crippen LogP contribution in [0.1, 0.15) is 25.8 Å². The fraction of sp³-hybridized carbons (Fsp3) is 0.190. The molecule has 0 spiro atoms. The molecule has 1 saturated heterocycles. The van der Waals surface area contributed by atoms with Crippen LogP contribution in [-0.2, 0) is 4.79 Å². The number of rotatable bonds is 6. The topological polar surface area (TPSA) is 70.7 Å². The number of thiocarbonyl (C=S) groups is 1. The summed E-state index contributed by atoms with van der Waals surface area (Å²) in [5, 5.41) is 4.28. The largest absolute Gasteiger partial charge is 0.491 e. The van der Waals surface area contributed by atoms with Crippen molar-refractivity contribution in [3.05, 3.63) is 63.0 Å². The first-order chi connectivity index (χ1) is 14.8. The minimum Gasteiger partial charge on any atom is -0.491 e. The van der Waals surface area contributed by atoms with Crippen molar-refractivity contribution in [3.63, 3.8) is 0 Å². The SMILES string of the molecule is CC[C@H](C)Oc1ccc(/C=C2\SC(=S)N(NC(=O)Nc3ccc(Cl)c(Cl)c3)C2=O)cc1. The number of ether oxygens (including phenoxy) is 1. The molecular formula is C21H19Cl2N3O3S2. The maximum absolute atomic E-state index is 12.7. The third kappa shape index (κ3) is 6.13. The molecule has 3 rings (SSSR count). The van der Waals surface area contributed by atoms with Crippen molar-refractivity contribution in [1.29, 1.82) is 0 Å². The maximum atomic E-state index is 12.7. The second-order valence-electron chi connectivity index (χ2n) is 6.62. The molecule has 0 unspecified atom stereocenters. The van der Waals surface area contributed by atoms with Gasteiger partial charge in [-0.05, 0) is 67.5 Å². The zero-order valence-electron chi connectivity index (χ0n) is 16.6. The number of urea groups is 1. The van der Waals surface area contributed by atoms with Gasteiger partial charge in [0.2, 0.25) is 0 Å².